The molecule has 0 bridgehead atoms. The van der Waals surface area contributed by atoms with Gasteiger partial charge in [-0.15, -0.1) is 0 Å². The molecule has 9 heteroatoms. The van der Waals surface area contributed by atoms with Crippen LogP contribution >= 0.6 is 0 Å². The number of esters is 2. The zero-order valence-electron chi connectivity index (χ0n) is 13.5. The Hall–Kier alpha value is -1.00. The van der Waals surface area contributed by atoms with Gasteiger partial charge in [0.05, 0.1) is 19.6 Å². The van der Waals surface area contributed by atoms with E-state index in [1.165, 1.54) is 25.9 Å². The van der Waals surface area contributed by atoms with E-state index in [0.717, 1.165) is 0 Å². The summed E-state index contributed by atoms with van der Waals surface area (Å²) in [5.41, 5.74) is 0. The molecule has 21 heavy (non-hydrogen) atoms. The zero-order chi connectivity index (χ0) is 16.5. The highest BCUT2D eigenvalue weighted by atomic mass is 28.4. The molecule has 124 valence electrons. The number of hydrogen-bond donors (Lipinski definition) is 0. The number of hydrogen-bond acceptors (Lipinski definition) is 8. The first-order valence-electron chi connectivity index (χ1n) is 6.62. The second-order valence-corrected chi connectivity index (χ2v) is 7.00. The Balaban J connectivity index is 5.26. The average Bonchev–Trinajstić information content (AvgIpc) is 2.47. The Morgan fingerprint density at radius 3 is 1.86 bits per heavy atom. The molecule has 0 spiro atoms. The van der Waals surface area contributed by atoms with E-state index >= 15 is 0 Å². The van der Waals surface area contributed by atoms with Crippen LogP contribution in [0.4, 0.5) is 0 Å². The van der Waals surface area contributed by atoms with Gasteiger partial charge in [-0.2, -0.15) is 0 Å². The van der Waals surface area contributed by atoms with Crippen molar-refractivity contribution in [2.45, 2.75) is 26.3 Å². The summed E-state index contributed by atoms with van der Waals surface area (Å²) < 4.78 is 27.3. The number of ether oxygens (including phenoxy) is 2. The molecule has 0 saturated heterocycles. The summed E-state index contributed by atoms with van der Waals surface area (Å²) in [7, 11) is 2.60. The van der Waals surface area contributed by atoms with Crippen molar-refractivity contribution in [2.24, 2.45) is 0 Å². The molecule has 0 unspecified atom stereocenters. The third kappa shape index (κ3) is 5.36. The van der Waals surface area contributed by atoms with Gasteiger partial charge in [-0.1, -0.05) is 0 Å². The van der Waals surface area contributed by atoms with Gasteiger partial charge in [0.1, 0.15) is 6.04 Å². The van der Waals surface area contributed by atoms with E-state index in [1.807, 2.05) is 0 Å². The number of nitrogens with zero attached hydrogens (tertiary/aromatic N) is 1. The lowest BCUT2D eigenvalue weighted by atomic mass is 10.2. The first-order chi connectivity index (χ1) is 9.92. The van der Waals surface area contributed by atoms with E-state index in [-0.39, 0.29) is 19.6 Å². The van der Waals surface area contributed by atoms with Gasteiger partial charge in [0, 0.05) is 21.3 Å². The highest BCUT2D eigenvalue weighted by Crippen LogP contribution is 2.18. The first kappa shape index (κ1) is 20.0. The Labute approximate surface area is 126 Å². The normalized spacial score (nSPS) is 13.1. The molecular formula is C12H25NO7Si. The van der Waals surface area contributed by atoms with Gasteiger partial charge in [0.15, 0.2) is 0 Å². The molecule has 0 aliphatic carbocycles. The van der Waals surface area contributed by atoms with Gasteiger partial charge < -0.3 is 22.8 Å². The molecule has 0 N–H and O–H groups in total. The Bertz CT molecular complexity index is 327. The van der Waals surface area contributed by atoms with E-state index < -0.39 is 26.9 Å². The maximum Gasteiger partial charge on any atom is 0.599 e. The fraction of sp³-hybridized carbons (Fsp3) is 0.833. The summed E-state index contributed by atoms with van der Waals surface area (Å²) in [6.07, 6.45) is -0.173. The van der Waals surface area contributed by atoms with Gasteiger partial charge in [-0.3, -0.25) is 9.59 Å². The predicted molar refractivity (Wildman–Crippen MR) is 76.2 cm³/mol. The van der Waals surface area contributed by atoms with E-state index in [1.54, 1.807) is 20.9 Å². The van der Waals surface area contributed by atoms with Crippen LogP contribution in [0.5, 0.6) is 0 Å². The van der Waals surface area contributed by atoms with E-state index in [4.69, 9.17) is 22.8 Å². The third-order valence-electron chi connectivity index (χ3n) is 2.90. The topological polar surface area (TPSA) is 83.5 Å². The average molecular weight is 323 g/mol. The van der Waals surface area contributed by atoms with Crippen LogP contribution in [0.15, 0.2) is 0 Å². The van der Waals surface area contributed by atoms with E-state index in [2.05, 4.69) is 0 Å². The molecule has 0 aliphatic rings. The van der Waals surface area contributed by atoms with Crippen molar-refractivity contribution >= 4 is 20.9 Å². The lowest BCUT2D eigenvalue weighted by molar-refractivity contribution is -0.155. The Kier molecular flexibility index (Phi) is 9.38. The summed E-state index contributed by atoms with van der Waals surface area (Å²) in [5, 5.41) is 0. The molecule has 8 nitrogen and oxygen atoms in total. The molecule has 1 atom stereocenters. The fourth-order valence-electron chi connectivity index (χ4n) is 1.87. The summed E-state index contributed by atoms with van der Waals surface area (Å²) in [4.78, 5) is 23.8. The second-order valence-electron chi connectivity index (χ2n) is 4.02. The highest BCUT2D eigenvalue weighted by Gasteiger charge is 2.50. The van der Waals surface area contributed by atoms with Crippen LogP contribution in [0.1, 0.15) is 20.3 Å². The summed E-state index contributed by atoms with van der Waals surface area (Å²) in [6.45, 7) is 3.82. The van der Waals surface area contributed by atoms with Gasteiger partial charge in [0.25, 0.3) is 0 Å². The lowest BCUT2D eigenvalue weighted by Gasteiger charge is -2.36. The minimum absolute atomic E-state index is 0.173. The standard InChI is InChI=1S/C12H25NO7Si/c1-7-19-11(14)9-10(12(15)20-8-2)13(3)21(16-4,17-5)18-6/h10H,7-9H2,1-6H3/t10-/m0/s1. The van der Waals surface area contributed by atoms with Crippen LogP contribution in [-0.2, 0) is 32.3 Å². The number of carbonyl (C=O) groups is 2. The zero-order valence-corrected chi connectivity index (χ0v) is 14.5. The lowest BCUT2D eigenvalue weighted by Crippen LogP contribution is -2.63. The van der Waals surface area contributed by atoms with Crippen molar-refractivity contribution in [1.29, 1.82) is 0 Å². The maximum absolute atomic E-state index is 12.1. The maximum atomic E-state index is 12.1. The summed E-state index contributed by atoms with van der Waals surface area (Å²) >= 11 is 0. The van der Waals surface area contributed by atoms with Crippen molar-refractivity contribution in [1.82, 2.24) is 4.57 Å². The van der Waals surface area contributed by atoms with Crippen molar-refractivity contribution in [3.8, 4) is 0 Å². The van der Waals surface area contributed by atoms with Crippen LogP contribution in [-0.4, -0.2) is 73.1 Å². The molecular weight excluding hydrogens is 298 g/mol. The molecule has 0 aromatic rings. The monoisotopic (exact) mass is 323 g/mol. The molecule has 0 fully saturated rings. The van der Waals surface area contributed by atoms with Gasteiger partial charge in [0.2, 0.25) is 0 Å². The van der Waals surface area contributed by atoms with Crippen LogP contribution < -0.4 is 0 Å². The molecule has 0 saturated carbocycles. The van der Waals surface area contributed by atoms with Crippen LogP contribution in [0.2, 0.25) is 0 Å². The van der Waals surface area contributed by atoms with Crippen molar-refractivity contribution in [3.63, 3.8) is 0 Å². The van der Waals surface area contributed by atoms with E-state index in [9.17, 15) is 9.59 Å². The van der Waals surface area contributed by atoms with Crippen LogP contribution in [0, 0.1) is 0 Å². The quantitative estimate of drug-likeness (QED) is 0.416. The third-order valence-corrected chi connectivity index (χ3v) is 5.62. The number of rotatable bonds is 10. The molecule has 0 radical (unpaired) electrons. The number of carbonyl (C=O) groups excluding carboxylic acids is 2. The summed E-state index contributed by atoms with van der Waals surface area (Å²) in [5.74, 6) is -1.07. The minimum atomic E-state index is -3.24. The van der Waals surface area contributed by atoms with Gasteiger partial charge in [-0.25, -0.2) is 4.57 Å². The molecule has 0 aliphatic heterocycles. The predicted octanol–water partition coefficient (Wildman–Crippen LogP) is 0.178. The SMILES string of the molecule is CCOC(=O)C[C@@H](C(=O)OCC)N(C)[Si](OC)(OC)OC. The molecule has 0 aromatic heterocycles. The van der Waals surface area contributed by atoms with Crippen molar-refractivity contribution in [2.75, 3.05) is 41.6 Å². The van der Waals surface area contributed by atoms with E-state index in [0.29, 0.717) is 0 Å². The summed E-state index contributed by atoms with van der Waals surface area (Å²) in [6, 6.07) is -0.907. The Morgan fingerprint density at radius 2 is 1.48 bits per heavy atom. The highest BCUT2D eigenvalue weighted by molar-refractivity contribution is 6.57. The molecule has 0 amide bonds. The Morgan fingerprint density at radius 1 is 1.00 bits per heavy atom. The van der Waals surface area contributed by atoms with Crippen LogP contribution in [0.3, 0.4) is 0 Å². The first-order valence-corrected chi connectivity index (χ1v) is 8.30. The fourth-order valence-corrected chi connectivity index (χ4v) is 3.81. The molecule has 0 heterocycles. The van der Waals surface area contributed by atoms with Crippen LogP contribution in [0.25, 0.3) is 0 Å². The van der Waals surface area contributed by atoms with Gasteiger partial charge >= 0.3 is 20.9 Å². The smallest absolute Gasteiger partial charge is 0.466 e. The van der Waals surface area contributed by atoms with Crippen molar-refractivity contribution < 1.29 is 32.3 Å². The molecule has 0 aromatic carbocycles. The second kappa shape index (κ2) is 9.85. The largest absolute Gasteiger partial charge is 0.599 e. The molecule has 0 rings (SSSR count). The van der Waals surface area contributed by atoms with Gasteiger partial charge in [-0.05, 0) is 20.9 Å². The van der Waals surface area contributed by atoms with Crippen molar-refractivity contribution in [3.05, 3.63) is 0 Å². The number of likely N-dealkylation sites (N-methyl/N-ethyl adjacent to an activating group) is 1. The minimum Gasteiger partial charge on any atom is -0.466 e.